The van der Waals surface area contributed by atoms with Gasteiger partial charge in [-0.1, -0.05) is 0 Å². The van der Waals surface area contributed by atoms with Gasteiger partial charge in [-0.15, -0.1) is 0 Å². The van der Waals surface area contributed by atoms with Gasteiger partial charge < -0.3 is 20.1 Å². The topological polar surface area (TPSA) is 59.6 Å². The molecule has 1 fully saturated rings. The third-order valence-corrected chi connectivity index (χ3v) is 2.91. The zero-order valence-electron chi connectivity index (χ0n) is 9.36. The van der Waals surface area contributed by atoms with Gasteiger partial charge in [-0.3, -0.25) is 4.79 Å². The van der Waals surface area contributed by atoms with Crippen molar-refractivity contribution in [3.05, 3.63) is 18.2 Å². The first-order valence-electron chi connectivity index (χ1n) is 5.72. The van der Waals surface area contributed by atoms with Gasteiger partial charge in [0.25, 0.3) is 5.91 Å². The molecule has 1 atom stereocenters. The Labute approximate surface area is 99.1 Å². The SMILES string of the molecule is O=C1COc2cc(N[C@H]3CCOC3)ccc2N1. The zero-order valence-corrected chi connectivity index (χ0v) is 9.36. The van der Waals surface area contributed by atoms with Crippen LogP contribution in [-0.2, 0) is 9.53 Å². The summed E-state index contributed by atoms with van der Waals surface area (Å²) in [6.45, 7) is 1.65. The molecule has 2 N–H and O–H groups in total. The predicted molar refractivity (Wildman–Crippen MR) is 63.4 cm³/mol. The van der Waals surface area contributed by atoms with E-state index in [9.17, 15) is 4.79 Å². The molecule has 2 aliphatic rings. The molecule has 5 nitrogen and oxygen atoms in total. The van der Waals surface area contributed by atoms with E-state index in [2.05, 4.69) is 10.6 Å². The number of carbonyl (C=O) groups excluding carboxylic acids is 1. The summed E-state index contributed by atoms with van der Waals surface area (Å²) in [5, 5.41) is 6.15. The first kappa shape index (κ1) is 10.4. The largest absolute Gasteiger partial charge is 0.482 e. The van der Waals surface area contributed by atoms with Gasteiger partial charge in [0, 0.05) is 18.4 Å². The predicted octanol–water partition coefficient (Wildman–Crippen LogP) is 1.22. The Bertz CT molecular complexity index is 441. The van der Waals surface area contributed by atoms with E-state index in [1.165, 1.54) is 0 Å². The molecule has 2 aliphatic heterocycles. The maximum absolute atomic E-state index is 11.1. The van der Waals surface area contributed by atoms with Crippen molar-refractivity contribution in [1.82, 2.24) is 0 Å². The number of ether oxygens (including phenoxy) is 2. The van der Waals surface area contributed by atoms with Crippen LogP contribution in [0.3, 0.4) is 0 Å². The van der Waals surface area contributed by atoms with E-state index in [-0.39, 0.29) is 12.5 Å². The molecule has 2 heterocycles. The van der Waals surface area contributed by atoms with Crippen LogP contribution >= 0.6 is 0 Å². The lowest BCUT2D eigenvalue weighted by molar-refractivity contribution is -0.118. The van der Waals surface area contributed by atoms with E-state index in [0.29, 0.717) is 11.8 Å². The van der Waals surface area contributed by atoms with Gasteiger partial charge in [-0.2, -0.15) is 0 Å². The molecule has 90 valence electrons. The van der Waals surface area contributed by atoms with Gasteiger partial charge in [0.1, 0.15) is 5.75 Å². The van der Waals surface area contributed by atoms with Crippen LogP contribution in [0.25, 0.3) is 0 Å². The molecule has 0 bridgehead atoms. The number of hydrogen-bond donors (Lipinski definition) is 2. The number of amides is 1. The maximum Gasteiger partial charge on any atom is 0.262 e. The molecule has 1 aromatic carbocycles. The van der Waals surface area contributed by atoms with E-state index in [1.807, 2.05) is 18.2 Å². The summed E-state index contributed by atoms with van der Waals surface area (Å²) in [4.78, 5) is 11.1. The molecule has 0 radical (unpaired) electrons. The number of carbonyl (C=O) groups is 1. The average Bonchev–Trinajstić information content (AvgIpc) is 2.82. The van der Waals surface area contributed by atoms with Gasteiger partial charge in [0.05, 0.1) is 18.3 Å². The first-order chi connectivity index (χ1) is 8.31. The van der Waals surface area contributed by atoms with Crippen molar-refractivity contribution >= 4 is 17.3 Å². The van der Waals surface area contributed by atoms with Crippen molar-refractivity contribution in [1.29, 1.82) is 0 Å². The Hall–Kier alpha value is -1.75. The zero-order chi connectivity index (χ0) is 11.7. The second-order valence-electron chi connectivity index (χ2n) is 4.25. The van der Waals surface area contributed by atoms with Crippen molar-refractivity contribution < 1.29 is 14.3 Å². The highest BCUT2D eigenvalue weighted by molar-refractivity contribution is 5.95. The van der Waals surface area contributed by atoms with Gasteiger partial charge in [-0.05, 0) is 18.6 Å². The fourth-order valence-corrected chi connectivity index (χ4v) is 2.05. The van der Waals surface area contributed by atoms with Gasteiger partial charge in [-0.25, -0.2) is 0 Å². The lowest BCUT2D eigenvalue weighted by Gasteiger charge is -2.20. The minimum Gasteiger partial charge on any atom is -0.482 e. The summed E-state index contributed by atoms with van der Waals surface area (Å²) in [6.07, 6.45) is 1.02. The third-order valence-electron chi connectivity index (χ3n) is 2.91. The quantitative estimate of drug-likeness (QED) is 0.807. The molecule has 1 saturated heterocycles. The van der Waals surface area contributed by atoms with Crippen molar-refractivity contribution in [3.63, 3.8) is 0 Å². The van der Waals surface area contributed by atoms with Crippen molar-refractivity contribution in [2.45, 2.75) is 12.5 Å². The number of benzene rings is 1. The summed E-state index contributed by atoms with van der Waals surface area (Å²) in [5.41, 5.74) is 1.73. The van der Waals surface area contributed by atoms with Crippen LogP contribution in [0.5, 0.6) is 5.75 Å². The second kappa shape index (κ2) is 4.25. The van der Waals surface area contributed by atoms with E-state index in [4.69, 9.17) is 9.47 Å². The van der Waals surface area contributed by atoms with E-state index in [0.717, 1.165) is 31.0 Å². The summed E-state index contributed by atoms with van der Waals surface area (Å²) >= 11 is 0. The van der Waals surface area contributed by atoms with Crippen LogP contribution < -0.4 is 15.4 Å². The Morgan fingerprint density at radius 2 is 2.35 bits per heavy atom. The molecule has 1 aromatic rings. The number of anilines is 2. The molecule has 0 aromatic heterocycles. The maximum atomic E-state index is 11.1. The second-order valence-corrected chi connectivity index (χ2v) is 4.25. The highest BCUT2D eigenvalue weighted by atomic mass is 16.5. The molecule has 1 amide bonds. The Balaban J connectivity index is 1.76. The van der Waals surface area contributed by atoms with Gasteiger partial charge >= 0.3 is 0 Å². The normalized spacial score (nSPS) is 22.6. The van der Waals surface area contributed by atoms with Gasteiger partial charge in [0.2, 0.25) is 0 Å². The molecule has 0 aliphatic carbocycles. The van der Waals surface area contributed by atoms with Crippen LogP contribution in [0, 0.1) is 0 Å². The van der Waals surface area contributed by atoms with Crippen molar-refractivity contribution in [3.8, 4) is 5.75 Å². The fraction of sp³-hybridized carbons (Fsp3) is 0.417. The highest BCUT2D eigenvalue weighted by Gasteiger charge is 2.18. The minimum atomic E-state index is -0.109. The third kappa shape index (κ3) is 2.19. The Morgan fingerprint density at radius 1 is 1.41 bits per heavy atom. The van der Waals surface area contributed by atoms with Crippen LogP contribution in [0.1, 0.15) is 6.42 Å². The smallest absolute Gasteiger partial charge is 0.262 e. The summed E-state index contributed by atoms with van der Waals surface area (Å²) in [6, 6.07) is 6.07. The van der Waals surface area contributed by atoms with Crippen molar-refractivity contribution in [2.24, 2.45) is 0 Å². The molecule has 3 rings (SSSR count). The minimum absolute atomic E-state index is 0.0863. The lowest BCUT2D eigenvalue weighted by atomic mass is 10.2. The van der Waals surface area contributed by atoms with Crippen LogP contribution in [0.4, 0.5) is 11.4 Å². The molecule has 5 heteroatoms. The Kier molecular flexibility index (Phi) is 2.60. The monoisotopic (exact) mass is 234 g/mol. The molecule has 0 saturated carbocycles. The summed E-state index contributed by atoms with van der Waals surface area (Å²) in [5.74, 6) is 0.607. The van der Waals surface area contributed by atoms with Gasteiger partial charge in [0.15, 0.2) is 6.61 Å². The lowest BCUT2D eigenvalue weighted by Crippen LogP contribution is -2.25. The van der Waals surface area contributed by atoms with Crippen LogP contribution in [0.15, 0.2) is 18.2 Å². The average molecular weight is 234 g/mol. The molecular formula is C12H14N2O3. The molecule has 17 heavy (non-hydrogen) atoms. The highest BCUT2D eigenvalue weighted by Crippen LogP contribution is 2.31. The van der Waals surface area contributed by atoms with E-state index in [1.54, 1.807) is 0 Å². The first-order valence-corrected chi connectivity index (χ1v) is 5.72. The standard InChI is InChI=1S/C12H14N2O3/c15-12-7-17-11-5-8(1-2-10(11)14-12)13-9-3-4-16-6-9/h1-2,5,9,13H,3-4,6-7H2,(H,14,15)/t9-/m0/s1. The summed E-state index contributed by atoms with van der Waals surface area (Å²) in [7, 11) is 0. The number of hydrogen-bond acceptors (Lipinski definition) is 4. The summed E-state index contributed by atoms with van der Waals surface area (Å²) < 4.78 is 10.7. The molecular weight excluding hydrogens is 220 g/mol. The van der Waals surface area contributed by atoms with E-state index >= 15 is 0 Å². The number of nitrogens with one attached hydrogen (secondary N) is 2. The number of rotatable bonds is 2. The fourth-order valence-electron chi connectivity index (χ4n) is 2.05. The van der Waals surface area contributed by atoms with Crippen molar-refractivity contribution in [2.75, 3.05) is 30.5 Å². The number of fused-ring (bicyclic) bond motifs is 1. The van der Waals surface area contributed by atoms with E-state index < -0.39 is 0 Å². The molecule has 0 unspecified atom stereocenters. The molecule has 0 spiro atoms. The van der Waals surface area contributed by atoms with Crippen LogP contribution in [0.2, 0.25) is 0 Å². The Morgan fingerprint density at radius 3 is 3.18 bits per heavy atom. The van der Waals surface area contributed by atoms with Crippen LogP contribution in [-0.4, -0.2) is 31.8 Å².